The second kappa shape index (κ2) is 4.37. The number of nitrogens with zero attached hydrogens (tertiary/aromatic N) is 1. The van der Waals surface area contributed by atoms with Crippen LogP contribution in [0.15, 0.2) is 24.3 Å². The highest BCUT2D eigenvalue weighted by atomic mass is 32.2. The minimum Gasteiger partial charge on any atom is -0.286 e. The zero-order valence-corrected chi connectivity index (χ0v) is 8.48. The Balaban J connectivity index is 2.69. The van der Waals surface area contributed by atoms with Crippen LogP contribution in [0.5, 0.6) is 0 Å². The van der Waals surface area contributed by atoms with E-state index in [1.165, 1.54) is 24.3 Å². The number of non-ortho nitro benzene ring substituents is 1. The Kier molecular flexibility index (Phi) is 3.38. The largest absolute Gasteiger partial charge is 0.286 e. The van der Waals surface area contributed by atoms with Gasteiger partial charge in [0, 0.05) is 12.1 Å². The van der Waals surface area contributed by atoms with Crippen LogP contribution in [0, 0.1) is 10.1 Å². The zero-order valence-electron chi connectivity index (χ0n) is 7.66. The van der Waals surface area contributed by atoms with Gasteiger partial charge in [0.2, 0.25) is 0 Å². The van der Waals surface area contributed by atoms with Crippen molar-refractivity contribution in [3.63, 3.8) is 0 Å². The molecule has 0 aliphatic rings. The summed E-state index contributed by atoms with van der Waals surface area (Å²) in [6.07, 6.45) is 0.136. The van der Waals surface area contributed by atoms with E-state index in [1.807, 2.05) is 0 Å². The predicted octanol–water partition coefficient (Wildman–Crippen LogP) is 1.03. The van der Waals surface area contributed by atoms with E-state index in [0.29, 0.717) is 5.56 Å². The molecule has 7 heteroatoms. The minimum absolute atomic E-state index is 0.0504. The van der Waals surface area contributed by atoms with Gasteiger partial charge in [0.05, 0.1) is 10.7 Å². The molecule has 0 aliphatic heterocycles. The Labute approximate surface area is 86.4 Å². The van der Waals surface area contributed by atoms with E-state index in [-0.39, 0.29) is 17.9 Å². The molecule has 6 nitrogen and oxygen atoms in total. The number of nitro groups is 1. The SMILES string of the molecule is O=[N+]([O-])c1ccc(CCS(=O)(=O)O)cc1. The van der Waals surface area contributed by atoms with E-state index >= 15 is 0 Å². The lowest BCUT2D eigenvalue weighted by atomic mass is 10.1. The van der Waals surface area contributed by atoms with Crippen molar-refractivity contribution < 1.29 is 17.9 Å². The van der Waals surface area contributed by atoms with Crippen molar-refractivity contribution in [1.82, 2.24) is 0 Å². The Morgan fingerprint density at radius 2 is 1.80 bits per heavy atom. The van der Waals surface area contributed by atoms with E-state index in [0.717, 1.165) is 0 Å². The third kappa shape index (κ3) is 4.05. The molecule has 0 heterocycles. The summed E-state index contributed by atoms with van der Waals surface area (Å²) in [7, 11) is -3.98. The molecule has 1 rings (SSSR count). The lowest BCUT2D eigenvalue weighted by Crippen LogP contribution is -2.06. The van der Waals surface area contributed by atoms with Gasteiger partial charge in [0.1, 0.15) is 0 Å². The highest BCUT2D eigenvalue weighted by molar-refractivity contribution is 7.85. The van der Waals surface area contributed by atoms with Crippen molar-refractivity contribution in [1.29, 1.82) is 0 Å². The summed E-state index contributed by atoms with van der Waals surface area (Å²) in [5.74, 6) is -0.384. The van der Waals surface area contributed by atoms with Gasteiger partial charge in [-0.05, 0) is 12.0 Å². The van der Waals surface area contributed by atoms with Gasteiger partial charge in [-0.3, -0.25) is 14.7 Å². The Hall–Kier alpha value is -1.47. The molecule has 1 N–H and O–H groups in total. The molecule has 0 aliphatic carbocycles. The van der Waals surface area contributed by atoms with Crippen molar-refractivity contribution in [2.45, 2.75) is 6.42 Å². The molecule has 0 unspecified atom stereocenters. The van der Waals surface area contributed by atoms with Crippen molar-refractivity contribution in [3.8, 4) is 0 Å². The first kappa shape index (κ1) is 11.6. The first-order chi connectivity index (χ1) is 6.88. The topological polar surface area (TPSA) is 97.5 Å². The Morgan fingerprint density at radius 3 is 2.20 bits per heavy atom. The molecule has 0 spiro atoms. The average Bonchev–Trinajstić information content (AvgIpc) is 2.14. The summed E-state index contributed by atoms with van der Waals surface area (Å²) in [4.78, 5) is 9.76. The molecule has 0 bridgehead atoms. The second-order valence-electron chi connectivity index (χ2n) is 2.96. The van der Waals surface area contributed by atoms with Gasteiger partial charge >= 0.3 is 0 Å². The normalized spacial score (nSPS) is 11.3. The molecular formula is C8H9NO5S. The lowest BCUT2D eigenvalue weighted by molar-refractivity contribution is -0.384. The third-order valence-corrected chi connectivity index (χ3v) is 2.52. The molecule has 0 atom stereocenters. The van der Waals surface area contributed by atoms with E-state index in [2.05, 4.69) is 0 Å². The molecule has 0 radical (unpaired) electrons. The van der Waals surface area contributed by atoms with Crippen LogP contribution in [0.1, 0.15) is 5.56 Å². The molecule has 0 fully saturated rings. The minimum atomic E-state index is -3.98. The van der Waals surface area contributed by atoms with Crippen molar-refractivity contribution in [2.75, 3.05) is 5.75 Å². The molecule has 82 valence electrons. The third-order valence-electron chi connectivity index (χ3n) is 1.80. The molecule has 0 saturated heterocycles. The molecular weight excluding hydrogens is 222 g/mol. The summed E-state index contributed by atoms with van der Waals surface area (Å²) in [5, 5.41) is 10.3. The summed E-state index contributed by atoms with van der Waals surface area (Å²) in [6, 6.07) is 5.51. The van der Waals surface area contributed by atoms with Gasteiger partial charge in [-0.1, -0.05) is 12.1 Å². The molecule has 0 saturated carbocycles. The summed E-state index contributed by atoms with van der Waals surface area (Å²) in [5.41, 5.74) is 0.573. The van der Waals surface area contributed by atoms with Gasteiger partial charge in [-0.15, -0.1) is 0 Å². The summed E-state index contributed by atoms with van der Waals surface area (Å²) < 4.78 is 29.3. The van der Waals surface area contributed by atoms with Gasteiger partial charge in [0.25, 0.3) is 15.8 Å². The smallest absolute Gasteiger partial charge is 0.269 e. The predicted molar refractivity (Wildman–Crippen MR) is 53.2 cm³/mol. The highest BCUT2D eigenvalue weighted by Crippen LogP contribution is 2.12. The number of benzene rings is 1. The maximum absolute atomic E-state index is 10.4. The maximum atomic E-state index is 10.4. The van der Waals surface area contributed by atoms with Crippen LogP contribution >= 0.6 is 0 Å². The van der Waals surface area contributed by atoms with Crippen LogP contribution in [0.25, 0.3) is 0 Å². The molecule has 1 aromatic carbocycles. The molecule has 15 heavy (non-hydrogen) atoms. The standard InChI is InChI=1S/C8H9NO5S/c10-9(11)8-3-1-7(2-4-8)5-6-15(12,13)14/h1-4H,5-6H2,(H,12,13,14). The number of aryl methyl sites for hydroxylation is 1. The van der Waals surface area contributed by atoms with Crippen LogP contribution in [0.3, 0.4) is 0 Å². The highest BCUT2D eigenvalue weighted by Gasteiger charge is 2.07. The van der Waals surface area contributed by atoms with E-state index in [1.54, 1.807) is 0 Å². The fraction of sp³-hybridized carbons (Fsp3) is 0.250. The number of hydrogen-bond donors (Lipinski definition) is 1. The van der Waals surface area contributed by atoms with Crippen molar-refractivity contribution in [2.24, 2.45) is 0 Å². The van der Waals surface area contributed by atoms with Crippen LogP contribution in [-0.2, 0) is 16.5 Å². The van der Waals surface area contributed by atoms with Gasteiger partial charge in [-0.25, -0.2) is 0 Å². The number of hydrogen-bond acceptors (Lipinski definition) is 4. The molecule has 1 aromatic rings. The van der Waals surface area contributed by atoms with Crippen molar-refractivity contribution >= 4 is 15.8 Å². The summed E-state index contributed by atoms with van der Waals surface area (Å²) >= 11 is 0. The van der Waals surface area contributed by atoms with Crippen LogP contribution in [-0.4, -0.2) is 23.6 Å². The summed E-state index contributed by atoms with van der Waals surface area (Å²) in [6.45, 7) is 0. The molecule has 0 aromatic heterocycles. The number of rotatable bonds is 4. The fourth-order valence-corrected chi connectivity index (χ4v) is 1.52. The van der Waals surface area contributed by atoms with Crippen LogP contribution in [0.2, 0.25) is 0 Å². The second-order valence-corrected chi connectivity index (χ2v) is 4.53. The first-order valence-electron chi connectivity index (χ1n) is 4.07. The van der Waals surface area contributed by atoms with E-state index < -0.39 is 15.0 Å². The van der Waals surface area contributed by atoms with Gasteiger partial charge in [0.15, 0.2) is 0 Å². The lowest BCUT2D eigenvalue weighted by Gasteiger charge is -1.98. The maximum Gasteiger partial charge on any atom is 0.269 e. The van der Waals surface area contributed by atoms with E-state index in [4.69, 9.17) is 4.55 Å². The van der Waals surface area contributed by atoms with Crippen molar-refractivity contribution in [3.05, 3.63) is 39.9 Å². The average molecular weight is 231 g/mol. The quantitative estimate of drug-likeness (QED) is 0.474. The van der Waals surface area contributed by atoms with Crippen LogP contribution in [0.4, 0.5) is 5.69 Å². The first-order valence-corrected chi connectivity index (χ1v) is 5.68. The zero-order chi connectivity index (χ0) is 11.5. The molecule has 0 amide bonds. The van der Waals surface area contributed by atoms with Crippen LogP contribution < -0.4 is 0 Å². The monoisotopic (exact) mass is 231 g/mol. The van der Waals surface area contributed by atoms with Gasteiger partial charge < -0.3 is 0 Å². The fourth-order valence-electron chi connectivity index (χ4n) is 1.03. The van der Waals surface area contributed by atoms with Gasteiger partial charge in [-0.2, -0.15) is 8.42 Å². The number of nitro benzene ring substituents is 1. The Bertz CT molecular complexity index is 450. The van der Waals surface area contributed by atoms with E-state index in [9.17, 15) is 18.5 Å². The Morgan fingerprint density at radius 1 is 1.27 bits per heavy atom.